The van der Waals surface area contributed by atoms with Gasteiger partial charge in [0.15, 0.2) is 17.2 Å². The number of ether oxygens (including phenoxy) is 1. The molecule has 9 heteroatoms. The van der Waals surface area contributed by atoms with Crippen molar-refractivity contribution >= 4 is 35.0 Å². The van der Waals surface area contributed by atoms with Crippen molar-refractivity contribution in [3.63, 3.8) is 0 Å². The molecule has 5 rings (SSSR count). The molecule has 1 saturated heterocycles. The molecule has 0 atom stereocenters. The molecule has 0 radical (unpaired) electrons. The number of carbonyl (C=O) groups is 1. The first kappa shape index (κ1) is 22.3. The number of hydrogen-bond donors (Lipinski definition) is 2. The zero-order valence-electron chi connectivity index (χ0n) is 19.4. The van der Waals surface area contributed by atoms with Gasteiger partial charge in [-0.25, -0.2) is 10.4 Å². The molecule has 1 aliphatic heterocycles. The molecule has 2 N–H and O–H groups in total. The van der Waals surface area contributed by atoms with Gasteiger partial charge in [0.25, 0.3) is 5.91 Å². The first-order chi connectivity index (χ1) is 16.7. The number of nitrogens with zero attached hydrogens (tertiary/aromatic N) is 4. The van der Waals surface area contributed by atoms with E-state index in [2.05, 4.69) is 30.7 Å². The van der Waals surface area contributed by atoms with E-state index in [1.165, 1.54) is 6.42 Å². The van der Waals surface area contributed by atoms with Gasteiger partial charge in [-0.05, 0) is 25.3 Å². The van der Waals surface area contributed by atoms with E-state index >= 15 is 0 Å². The highest BCUT2D eigenvalue weighted by molar-refractivity contribution is 5.97. The predicted molar refractivity (Wildman–Crippen MR) is 132 cm³/mol. The predicted octanol–water partition coefficient (Wildman–Crippen LogP) is 3.88. The normalized spacial score (nSPS) is 17.4. The quantitative estimate of drug-likeness (QED) is 0.423. The lowest BCUT2D eigenvalue weighted by atomic mass is 9.95. The van der Waals surface area contributed by atoms with Crippen LogP contribution in [0.15, 0.2) is 39.9 Å². The van der Waals surface area contributed by atoms with Crippen LogP contribution in [-0.2, 0) is 4.74 Å². The van der Waals surface area contributed by atoms with Gasteiger partial charge in [0.2, 0.25) is 5.95 Å². The molecule has 34 heavy (non-hydrogen) atoms. The number of aromatic nitrogens is 2. The minimum absolute atomic E-state index is 0.201. The summed E-state index contributed by atoms with van der Waals surface area (Å²) >= 11 is 0. The lowest BCUT2D eigenvalue weighted by Crippen LogP contribution is -2.37. The molecule has 2 aliphatic rings. The Kier molecular flexibility index (Phi) is 6.71. The van der Waals surface area contributed by atoms with Crippen LogP contribution in [-0.4, -0.2) is 54.4 Å². The van der Waals surface area contributed by atoms with Crippen molar-refractivity contribution in [1.82, 2.24) is 15.3 Å². The van der Waals surface area contributed by atoms with E-state index in [9.17, 15) is 4.79 Å². The number of benzene rings is 1. The Bertz CT molecular complexity index is 1180. The van der Waals surface area contributed by atoms with Crippen molar-refractivity contribution in [3.8, 4) is 0 Å². The van der Waals surface area contributed by atoms with Gasteiger partial charge in [0, 0.05) is 25.2 Å². The van der Waals surface area contributed by atoms with Crippen LogP contribution in [0.2, 0.25) is 0 Å². The van der Waals surface area contributed by atoms with E-state index in [1.807, 2.05) is 31.2 Å². The van der Waals surface area contributed by atoms with E-state index in [0.717, 1.165) is 36.8 Å². The molecule has 1 aliphatic carbocycles. The number of rotatable bonds is 6. The number of anilines is 2. The zero-order chi connectivity index (χ0) is 23.3. The summed E-state index contributed by atoms with van der Waals surface area (Å²) in [5.74, 6) is 1.03. The average Bonchev–Trinajstić information content (AvgIpc) is 3.29. The third-order valence-electron chi connectivity index (χ3n) is 6.25. The summed E-state index contributed by atoms with van der Waals surface area (Å²) in [6.45, 7) is 4.62. The SMILES string of the molecule is Cc1cccc(/C=N/Nc2nc(N3CCOCC3)c3oc(C(=O)NC4CCCCC4)cc3n2)c1. The number of hydrogen-bond acceptors (Lipinski definition) is 8. The van der Waals surface area contributed by atoms with Gasteiger partial charge in [-0.3, -0.25) is 4.79 Å². The third-order valence-corrected chi connectivity index (χ3v) is 6.25. The fourth-order valence-corrected chi connectivity index (χ4v) is 4.48. The molecular formula is C25H30N6O3. The number of aryl methyl sites for hydroxylation is 1. The summed E-state index contributed by atoms with van der Waals surface area (Å²) in [5.41, 5.74) is 6.15. The lowest BCUT2D eigenvalue weighted by molar-refractivity contribution is 0.0901. The van der Waals surface area contributed by atoms with Gasteiger partial charge in [0.05, 0.1) is 19.4 Å². The van der Waals surface area contributed by atoms with Crippen LogP contribution >= 0.6 is 0 Å². The zero-order valence-corrected chi connectivity index (χ0v) is 19.4. The van der Waals surface area contributed by atoms with Gasteiger partial charge in [-0.2, -0.15) is 10.1 Å². The van der Waals surface area contributed by atoms with Crippen LogP contribution in [0.25, 0.3) is 11.1 Å². The summed E-state index contributed by atoms with van der Waals surface area (Å²) in [6, 6.07) is 9.94. The molecule has 0 spiro atoms. The Labute approximate surface area is 198 Å². The summed E-state index contributed by atoms with van der Waals surface area (Å²) in [5, 5.41) is 7.43. The van der Waals surface area contributed by atoms with Crippen LogP contribution < -0.4 is 15.6 Å². The van der Waals surface area contributed by atoms with Crippen molar-refractivity contribution in [3.05, 3.63) is 47.2 Å². The number of amides is 1. The standard InChI is InChI=1S/C25H30N6O3/c1-17-6-5-7-18(14-17)16-26-30-25-28-20-15-21(24(32)27-19-8-3-2-4-9-19)34-22(20)23(29-25)31-10-12-33-13-11-31/h5-7,14-16,19H,2-4,8-13H2,1H3,(H,27,32)(H,28,29,30)/b26-16+. The average molecular weight is 463 g/mol. The molecule has 2 fully saturated rings. The number of furan rings is 1. The molecule has 1 saturated carbocycles. The molecule has 1 amide bonds. The molecule has 2 aromatic heterocycles. The van der Waals surface area contributed by atoms with Crippen molar-refractivity contribution in [2.24, 2.45) is 5.10 Å². The number of hydrazone groups is 1. The monoisotopic (exact) mass is 462 g/mol. The van der Waals surface area contributed by atoms with Gasteiger partial charge in [-0.1, -0.05) is 49.1 Å². The second-order valence-corrected chi connectivity index (χ2v) is 8.89. The van der Waals surface area contributed by atoms with Gasteiger partial charge < -0.3 is 19.4 Å². The highest BCUT2D eigenvalue weighted by Gasteiger charge is 2.24. The Hall–Kier alpha value is -3.46. The molecule has 1 aromatic carbocycles. The second kappa shape index (κ2) is 10.2. The van der Waals surface area contributed by atoms with Gasteiger partial charge in [0.1, 0.15) is 5.52 Å². The minimum atomic E-state index is -0.204. The van der Waals surface area contributed by atoms with Crippen molar-refractivity contribution < 1.29 is 13.9 Å². The lowest BCUT2D eigenvalue weighted by Gasteiger charge is -2.27. The fraction of sp³-hybridized carbons (Fsp3) is 0.440. The van der Waals surface area contributed by atoms with Crippen LogP contribution in [0.5, 0.6) is 0 Å². The van der Waals surface area contributed by atoms with Gasteiger partial charge >= 0.3 is 0 Å². The Morgan fingerprint density at radius 3 is 2.76 bits per heavy atom. The maximum atomic E-state index is 12.9. The molecular weight excluding hydrogens is 432 g/mol. The second-order valence-electron chi connectivity index (χ2n) is 8.89. The summed E-state index contributed by atoms with van der Waals surface area (Å²) in [4.78, 5) is 24.2. The van der Waals surface area contributed by atoms with Crippen molar-refractivity contribution in [2.75, 3.05) is 36.6 Å². The largest absolute Gasteiger partial charge is 0.445 e. The maximum absolute atomic E-state index is 12.9. The number of nitrogens with one attached hydrogen (secondary N) is 2. The fourth-order valence-electron chi connectivity index (χ4n) is 4.48. The van der Waals surface area contributed by atoms with Crippen molar-refractivity contribution in [2.45, 2.75) is 45.1 Å². The number of fused-ring (bicyclic) bond motifs is 1. The Balaban J connectivity index is 1.41. The molecule has 9 nitrogen and oxygen atoms in total. The van der Waals surface area contributed by atoms with Crippen LogP contribution in [0, 0.1) is 6.92 Å². The van der Waals surface area contributed by atoms with E-state index < -0.39 is 0 Å². The maximum Gasteiger partial charge on any atom is 0.287 e. The first-order valence-electron chi connectivity index (χ1n) is 12.0. The van der Waals surface area contributed by atoms with Crippen molar-refractivity contribution in [1.29, 1.82) is 0 Å². The molecule has 3 aromatic rings. The van der Waals surface area contributed by atoms with Crippen LogP contribution in [0.4, 0.5) is 11.8 Å². The molecule has 0 unspecified atom stereocenters. The smallest absolute Gasteiger partial charge is 0.287 e. The van der Waals surface area contributed by atoms with Crippen LogP contribution in [0.1, 0.15) is 53.8 Å². The first-order valence-corrected chi connectivity index (χ1v) is 12.0. The summed E-state index contributed by atoms with van der Waals surface area (Å²) in [7, 11) is 0. The van der Waals surface area contributed by atoms with E-state index in [0.29, 0.717) is 49.2 Å². The summed E-state index contributed by atoms with van der Waals surface area (Å²) < 4.78 is 11.5. The van der Waals surface area contributed by atoms with E-state index in [-0.39, 0.29) is 17.7 Å². The minimum Gasteiger partial charge on any atom is -0.445 e. The van der Waals surface area contributed by atoms with Gasteiger partial charge in [-0.15, -0.1) is 0 Å². The Morgan fingerprint density at radius 1 is 1.15 bits per heavy atom. The Morgan fingerprint density at radius 2 is 1.97 bits per heavy atom. The highest BCUT2D eigenvalue weighted by atomic mass is 16.5. The van der Waals surface area contributed by atoms with Crippen LogP contribution in [0.3, 0.4) is 0 Å². The van der Waals surface area contributed by atoms with E-state index in [1.54, 1.807) is 12.3 Å². The van der Waals surface area contributed by atoms with E-state index in [4.69, 9.17) is 9.15 Å². The number of morpholine rings is 1. The molecule has 178 valence electrons. The third kappa shape index (κ3) is 5.20. The topological polar surface area (TPSA) is 105 Å². The summed E-state index contributed by atoms with van der Waals surface area (Å²) in [6.07, 6.45) is 7.28. The highest BCUT2D eigenvalue weighted by Crippen LogP contribution is 2.29. The number of carbonyl (C=O) groups excluding carboxylic acids is 1. The molecule has 0 bridgehead atoms. The molecule has 3 heterocycles.